The smallest absolute Gasteiger partial charge is 0.271 e. The molecule has 1 atom stereocenters. The van der Waals surface area contributed by atoms with Crippen LogP contribution in [0, 0.1) is 12.8 Å². The molecule has 2 aromatic rings. The summed E-state index contributed by atoms with van der Waals surface area (Å²) < 4.78 is 10.6. The van der Waals surface area contributed by atoms with Gasteiger partial charge in [-0.1, -0.05) is 5.16 Å². The molecule has 0 saturated carbocycles. The van der Waals surface area contributed by atoms with Gasteiger partial charge in [-0.2, -0.15) is 4.98 Å². The van der Waals surface area contributed by atoms with E-state index in [-0.39, 0.29) is 17.9 Å². The van der Waals surface area contributed by atoms with Gasteiger partial charge in [0.25, 0.3) is 5.91 Å². The summed E-state index contributed by atoms with van der Waals surface area (Å²) in [6.45, 7) is 3.12. The molecule has 0 radical (unpaired) electrons. The topological polar surface area (TPSA) is 90.1 Å². The monoisotopic (exact) mass is 308 g/mol. The summed E-state index contributed by atoms with van der Waals surface area (Å²) in [7, 11) is 0. The molecule has 2 aromatic heterocycles. The molecule has 1 aliphatic rings. The minimum Gasteiger partial charge on any atom is -0.381 e. The molecule has 8 heteroatoms. The standard InChI is InChI=1S/C13H16N4O3S/c1-8-15-13(20-17-8)11(9-2-4-19-5-3-9)16-12(18)10-6-21-7-14-10/h6-7,9,11H,2-5H2,1H3,(H,16,18). The number of nitrogens with one attached hydrogen (secondary N) is 1. The number of ether oxygens (including phenoxy) is 1. The van der Waals surface area contributed by atoms with Gasteiger partial charge in [-0.15, -0.1) is 11.3 Å². The molecule has 0 spiro atoms. The Hall–Kier alpha value is -1.80. The number of aryl methyl sites for hydroxylation is 1. The molecule has 1 unspecified atom stereocenters. The van der Waals surface area contributed by atoms with Crippen molar-refractivity contribution in [3.8, 4) is 0 Å². The molecule has 3 heterocycles. The Labute approximate surface area is 125 Å². The fourth-order valence-electron chi connectivity index (χ4n) is 2.41. The van der Waals surface area contributed by atoms with E-state index < -0.39 is 0 Å². The lowest BCUT2D eigenvalue weighted by atomic mass is 9.91. The van der Waals surface area contributed by atoms with Gasteiger partial charge >= 0.3 is 0 Å². The van der Waals surface area contributed by atoms with Gasteiger partial charge in [0.2, 0.25) is 5.89 Å². The molecule has 0 bridgehead atoms. The first-order valence-electron chi connectivity index (χ1n) is 6.81. The van der Waals surface area contributed by atoms with E-state index in [1.54, 1.807) is 17.8 Å². The van der Waals surface area contributed by atoms with Gasteiger partial charge in [0, 0.05) is 18.6 Å². The average molecular weight is 308 g/mol. The van der Waals surface area contributed by atoms with Gasteiger partial charge in [0.15, 0.2) is 5.82 Å². The Balaban J connectivity index is 1.79. The quantitative estimate of drug-likeness (QED) is 0.925. The second-order valence-corrected chi connectivity index (χ2v) is 5.67. The number of hydrogen-bond acceptors (Lipinski definition) is 7. The third-order valence-corrected chi connectivity index (χ3v) is 4.08. The van der Waals surface area contributed by atoms with Crippen LogP contribution in [0.3, 0.4) is 0 Å². The molecular weight excluding hydrogens is 292 g/mol. The summed E-state index contributed by atoms with van der Waals surface area (Å²) in [6.07, 6.45) is 1.70. The molecule has 1 aliphatic heterocycles. The number of carbonyl (C=O) groups is 1. The van der Waals surface area contributed by atoms with Gasteiger partial charge in [-0.05, 0) is 25.7 Å². The first-order valence-corrected chi connectivity index (χ1v) is 7.75. The Morgan fingerprint density at radius 3 is 2.90 bits per heavy atom. The van der Waals surface area contributed by atoms with Crippen LogP contribution >= 0.6 is 11.3 Å². The van der Waals surface area contributed by atoms with Crippen LogP contribution in [-0.4, -0.2) is 34.2 Å². The molecule has 1 amide bonds. The number of carbonyl (C=O) groups excluding carboxylic acids is 1. The predicted molar refractivity (Wildman–Crippen MR) is 74.9 cm³/mol. The highest BCUT2D eigenvalue weighted by atomic mass is 32.1. The first-order chi connectivity index (χ1) is 10.2. The maximum atomic E-state index is 12.3. The van der Waals surface area contributed by atoms with Gasteiger partial charge < -0.3 is 14.6 Å². The Morgan fingerprint density at radius 1 is 1.48 bits per heavy atom. The fourth-order valence-corrected chi connectivity index (χ4v) is 2.94. The second-order valence-electron chi connectivity index (χ2n) is 4.95. The number of amides is 1. The highest BCUT2D eigenvalue weighted by Gasteiger charge is 2.31. The van der Waals surface area contributed by atoms with Gasteiger partial charge in [0.1, 0.15) is 11.7 Å². The Bertz CT molecular complexity index is 592. The Morgan fingerprint density at radius 2 is 2.29 bits per heavy atom. The summed E-state index contributed by atoms with van der Waals surface area (Å²) in [4.78, 5) is 20.5. The van der Waals surface area contributed by atoms with Crippen molar-refractivity contribution in [1.29, 1.82) is 0 Å². The van der Waals surface area contributed by atoms with E-state index in [1.807, 2.05) is 0 Å². The molecular formula is C13H16N4O3S. The van der Waals surface area contributed by atoms with E-state index in [0.717, 1.165) is 12.8 Å². The zero-order valence-electron chi connectivity index (χ0n) is 11.6. The maximum absolute atomic E-state index is 12.3. The molecule has 0 aromatic carbocycles. The van der Waals surface area contributed by atoms with Crippen LogP contribution in [0.5, 0.6) is 0 Å². The van der Waals surface area contributed by atoms with E-state index in [9.17, 15) is 4.79 Å². The van der Waals surface area contributed by atoms with Crippen LogP contribution in [0.15, 0.2) is 15.4 Å². The minimum atomic E-state index is -0.302. The van der Waals surface area contributed by atoms with E-state index in [2.05, 4.69) is 20.4 Å². The fraction of sp³-hybridized carbons (Fsp3) is 0.538. The van der Waals surface area contributed by atoms with Crippen LogP contribution in [0.4, 0.5) is 0 Å². The molecule has 112 valence electrons. The molecule has 21 heavy (non-hydrogen) atoms. The van der Waals surface area contributed by atoms with Crippen molar-refractivity contribution in [3.63, 3.8) is 0 Å². The van der Waals surface area contributed by atoms with Crippen LogP contribution in [0.1, 0.15) is 41.1 Å². The number of aromatic nitrogens is 3. The van der Waals surface area contributed by atoms with Crippen LogP contribution < -0.4 is 5.32 Å². The molecule has 1 saturated heterocycles. The van der Waals surface area contributed by atoms with Gasteiger partial charge in [0.05, 0.1) is 5.51 Å². The van der Waals surface area contributed by atoms with E-state index in [1.165, 1.54) is 11.3 Å². The SMILES string of the molecule is Cc1noc(C(NC(=O)c2cscn2)C2CCOCC2)n1. The highest BCUT2D eigenvalue weighted by Crippen LogP contribution is 2.29. The van der Waals surface area contributed by atoms with Crippen molar-refractivity contribution in [2.45, 2.75) is 25.8 Å². The summed E-state index contributed by atoms with van der Waals surface area (Å²) in [6, 6.07) is -0.302. The third-order valence-electron chi connectivity index (χ3n) is 3.50. The summed E-state index contributed by atoms with van der Waals surface area (Å²) in [5, 5.41) is 8.51. The summed E-state index contributed by atoms with van der Waals surface area (Å²) >= 11 is 1.39. The molecule has 3 rings (SSSR count). The number of hydrogen-bond donors (Lipinski definition) is 1. The summed E-state index contributed by atoms with van der Waals surface area (Å²) in [5.74, 6) is 1.01. The molecule has 0 aliphatic carbocycles. The third kappa shape index (κ3) is 3.27. The highest BCUT2D eigenvalue weighted by molar-refractivity contribution is 7.07. The van der Waals surface area contributed by atoms with Crippen molar-refractivity contribution in [2.24, 2.45) is 5.92 Å². The number of nitrogens with zero attached hydrogens (tertiary/aromatic N) is 3. The van der Waals surface area contributed by atoms with Crippen molar-refractivity contribution < 1.29 is 14.1 Å². The predicted octanol–water partition coefficient (Wildman–Crippen LogP) is 1.73. The lowest BCUT2D eigenvalue weighted by Crippen LogP contribution is -2.36. The van der Waals surface area contributed by atoms with Crippen LogP contribution in [0.25, 0.3) is 0 Å². The minimum absolute atomic E-state index is 0.219. The zero-order chi connectivity index (χ0) is 14.7. The van der Waals surface area contributed by atoms with Crippen molar-refractivity contribution in [2.75, 3.05) is 13.2 Å². The normalized spacial score (nSPS) is 17.6. The second kappa shape index (κ2) is 6.31. The lowest BCUT2D eigenvalue weighted by molar-refractivity contribution is 0.0467. The number of rotatable bonds is 4. The number of thiazole rings is 1. The molecule has 7 nitrogen and oxygen atoms in total. The van der Waals surface area contributed by atoms with E-state index >= 15 is 0 Å². The molecule has 1 N–H and O–H groups in total. The van der Waals surface area contributed by atoms with Crippen LogP contribution in [0.2, 0.25) is 0 Å². The van der Waals surface area contributed by atoms with Crippen molar-refractivity contribution in [1.82, 2.24) is 20.4 Å². The first kappa shape index (κ1) is 14.2. The van der Waals surface area contributed by atoms with Crippen molar-refractivity contribution in [3.05, 3.63) is 28.3 Å². The summed E-state index contributed by atoms with van der Waals surface area (Å²) in [5.41, 5.74) is 2.04. The zero-order valence-corrected chi connectivity index (χ0v) is 12.4. The largest absolute Gasteiger partial charge is 0.381 e. The average Bonchev–Trinajstić information content (AvgIpc) is 3.17. The maximum Gasteiger partial charge on any atom is 0.271 e. The molecule has 1 fully saturated rings. The van der Waals surface area contributed by atoms with E-state index in [4.69, 9.17) is 9.26 Å². The van der Waals surface area contributed by atoms with Crippen molar-refractivity contribution >= 4 is 17.2 Å². The Kier molecular flexibility index (Phi) is 4.26. The van der Waals surface area contributed by atoms with Gasteiger partial charge in [-0.25, -0.2) is 4.98 Å². The van der Waals surface area contributed by atoms with E-state index in [0.29, 0.717) is 30.6 Å². The van der Waals surface area contributed by atoms with Gasteiger partial charge in [-0.3, -0.25) is 4.79 Å². The van der Waals surface area contributed by atoms with Crippen LogP contribution in [-0.2, 0) is 4.74 Å². The lowest BCUT2D eigenvalue weighted by Gasteiger charge is -2.28.